The van der Waals surface area contributed by atoms with Gasteiger partial charge in [0, 0.05) is 24.7 Å². The van der Waals surface area contributed by atoms with E-state index in [1.165, 1.54) is 51.4 Å². The van der Waals surface area contributed by atoms with Crippen molar-refractivity contribution in [3.05, 3.63) is 0 Å². The molecule has 16 rings (SSSR count). The summed E-state index contributed by atoms with van der Waals surface area (Å²) in [7, 11) is 0. The lowest BCUT2D eigenvalue weighted by Crippen LogP contribution is -2.65. The van der Waals surface area contributed by atoms with E-state index in [-0.39, 0.29) is 46.1 Å². The van der Waals surface area contributed by atoms with Crippen LogP contribution in [0.2, 0.25) is 0 Å². The van der Waals surface area contributed by atoms with Gasteiger partial charge in [-0.05, 0) is 208 Å². The van der Waals surface area contributed by atoms with Crippen LogP contribution in [0.1, 0.15) is 184 Å². The van der Waals surface area contributed by atoms with Gasteiger partial charge in [0.2, 0.25) is 0 Å². The molecule has 14 N–H and O–H groups in total. The van der Waals surface area contributed by atoms with E-state index in [9.17, 15) is 71.5 Å². The molecule has 2 spiro atoms. The summed E-state index contributed by atoms with van der Waals surface area (Å²) < 4.78 is 74.1. The molecule has 0 radical (unpaired) electrons. The van der Waals surface area contributed by atoms with Crippen molar-refractivity contribution in [3.8, 4) is 0 Å². The normalized spacial score (nSPS) is 59.0. The molecule has 16 aliphatic rings. The second-order valence-corrected chi connectivity index (χ2v) is 37.4. The second kappa shape index (κ2) is 29.7. The Morgan fingerprint density at radius 3 is 1.04 bits per heavy atom. The lowest BCUT2D eigenvalue weighted by atomic mass is 9.44. The standard InChI is InChI=1S/2C39H64O13/c2*1-18-7-12-39(47-17-18)19(2)28-25(52-39)14-24-22-6-5-20-13-21(8-10-37(20,3)23(22)9-11-38(24,28)4)48-35-33(46)31(44)34(27(16-41)50-35)51-36-32(45)30(43)29(42)26(15-40)49-36/h2*18-36,40-46H,5-17H2,1-4H3/t2*18-,19+,20+,21+,22-,23+,24+,25+,26-,27-,28+,29-,30+,31-,32-,33-,34-,35-,36+,37+,38+,39-/m11/s1. The summed E-state index contributed by atoms with van der Waals surface area (Å²) in [5.41, 5.74) is 0.935. The van der Waals surface area contributed by atoms with Crippen molar-refractivity contribution >= 4 is 0 Å². The quantitative estimate of drug-likeness (QED) is 0.125. The van der Waals surface area contributed by atoms with Gasteiger partial charge in [0.05, 0.1) is 64.1 Å². The van der Waals surface area contributed by atoms with E-state index >= 15 is 0 Å². The highest BCUT2D eigenvalue weighted by Gasteiger charge is 2.72. The van der Waals surface area contributed by atoms with Crippen LogP contribution in [-0.2, 0) is 56.8 Å². The first kappa shape index (κ1) is 78.2. The zero-order valence-electron chi connectivity index (χ0n) is 62.5. The smallest absolute Gasteiger partial charge is 0.187 e. The Morgan fingerprint density at radius 1 is 0.337 bits per heavy atom. The van der Waals surface area contributed by atoms with Gasteiger partial charge >= 0.3 is 0 Å². The monoisotopic (exact) mass is 1480 g/mol. The van der Waals surface area contributed by atoms with Crippen molar-refractivity contribution in [1.82, 2.24) is 0 Å². The highest BCUT2D eigenvalue weighted by molar-refractivity contribution is 5.18. The fraction of sp³-hybridized carbons (Fsp3) is 1.00. The Kier molecular flexibility index (Phi) is 22.4. The van der Waals surface area contributed by atoms with Gasteiger partial charge in [-0.1, -0.05) is 55.4 Å². The van der Waals surface area contributed by atoms with E-state index in [4.69, 9.17) is 56.8 Å². The predicted octanol–water partition coefficient (Wildman–Crippen LogP) is 2.88. The summed E-state index contributed by atoms with van der Waals surface area (Å²) in [4.78, 5) is 0. The van der Waals surface area contributed by atoms with Gasteiger partial charge in [-0.2, -0.15) is 0 Å². The SMILES string of the molecule is C[C@@H]1CC[C@@]2(OC1)O[C@H]1C[C@H]3[C@@H]4CC[C@H]5C[C@@H](O[C@@H]6O[C@H](CO)[C@@H](O[C@@H]7O[C@H](CO)[C@@H](O)[C@H](O)[C@H]7O)[C@H](O)[C@H]6O)CC[C@]5(C)[C@H]4CC[C@]3(C)[C@H]1[C@@H]2C.C[C@@H]1CC[C@@]2(OC1)O[C@H]1C[C@H]3[C@@H]4CC[C@H]5C[C@@H](O[C@@H]6O[C@H](CO)[C@@H](O[C@@H]7O[C@H](CO)[C@@H](O)[C@H](O)[C@H]7O)[C@H](O)[C@H]6O)CC[C@]5(C)[C@H]4CC[C@]3(C)[C@H]1[C@@H]2C. The minimum Gasteiger partial charge on any atom is -0.394 e. The molecule has 26 heteroatoms. The van der Waals surface area contributed by atoms with E-state index in [2.05, 4.69) is 55.4 Å². The molecule has 8 heterocycles. The lowest BCUT2D eigenvalue weighted by molar-refractivity contribution is -0.364. The number of hydrogen-bond donors (Lipinski definition) is 14. The highest BCUT2D eigenvalue weighted by atomic mass is 16.8. The first-order valence-corrected chi connectivity index (χ1v) is 40.6. The Hall–Kier alpha value is -1.04. The van der Waals surface area contributed by atoms with Gasteiger partial charge in [0.15, 0.2) is 36.7 Å². The maximum absolute atomic E-state index is 11.2. The second-order valence-electron chi connectivity index (χ2n) is 37.4. The molecule has 0 aromatic rings. The Bertz CT molecular complexity index is 2710. The minimum atomic E-state index is -1.71. The van der Waals surface area contributed by atoms with E-state index in [0.29, 0.717) is 82.9 Å². The molecule has 8 aliphatic heterocycles. The van der Waals surface area contributed by atoms with Crippen molar-refractivity contribution in [2.24, 2.45) is 105 Å². The van der Waals surface area contributed by atoms with Crippen molar-refractivity contribution < 1.29 is 128 Å². The molecule has 104 heavy (non-hydrogen) atoms. The number of aliphatic hydroxyl groups is 14. The molecule has 8 aliphatic carbocycles. The average molecular weight is 1480 g/mol. The molecule has 0 bridgehead atoms. The zero-order chi connectivity index (χ0) is 73.8. The van der Waals surface area contributed by atoms with Crippen LogP contribution >= 0.6 is 0 Å². The van der Waals surface area contributed by atoms with Crippen LogP contribution in [0, 0.1) is 105 Å². The van der Waals surface area contributed by atoms with Gasteiger partial charge in [-0.15, -0.1) is 0 Å². The molecular formula is C78H128O26. The van der Waals surface area contributed by atoms with Crippen LogP contribution in [0.5, 0.6) is 0 Å². The molecule has 596 valence electrons. The van der Waals surface area contributed by atoms with E-state index < -0.39 is 161 Å². The summed E-state index contributed by atoms with van der Waals surface area (Å²) >= 11 is 0. The highest BCUT2D eigenvalue weighted by Crippen LogP contribution is 2.74. The average Bonchev–Trinajstić information content (AvgIpc) is 1.52. The summed E-state index contributed by atoms with van der Waals surface area (Å²) in [5, 5.41) is 146. The topological polar surface area (TPSA) is 394 Å². The van der Waals surface area contributed by atoms with Crippen LogP contribution in [-0.4, -0.2) is 270 Å². The van der Waals surface area contributed by atoms with E-state index in [1.807, 2.05) is 0 Å². The van der Waals surface area contributed by atoms with Crippen LogP contribution in [0.4, 0.5) is 0 Å². The molecule has 16 fully saturated rings. The van der Waals surface area contributed by atoms with Crippen LogP contribution in [0.3, 0.4) is 0 Å². The molecule has 8 saturated carbocycles. The summed E-state index contributed by atoms with van der Waals surface area (Å²) in [6.07, 6.45) is -7.32. The predicted molar refractivity (Wildman–Crippen MR) is 366 cm³/mol. The van der Waals surface area contributed by atoms with Gasteiger partial charge in [0.25, 0.3) is 0 Å². The maximum atomic E-state index is 11.2. The van der Waals surface area contributed by atoms with Crippen molar-refractivity contribution in [2.75, 3.05) is 39.6 Å². The molecule has 26 nitrogen and oxygen atoms in total. The summed E-state index contributed by atoms with van der Waals surface area (Å²) in [6, 6.07) is 0. The van der Waals surface area contributed by atoms with Crippen molar-refractivity contribution in [3.63, 3.8) is 0 Å². The molecule has 44 atom stereocenters. The van der Waals surface area contributed by atoms with Gasteiger partial charge in [-0.25, -0.2) is 0 Å². The molecule has 0 aromatic carbocycles. The Labute approximate surface area is 612 Å². The zero-order valence-corrected chi connectivity index (χ0v) is 62.5. The first-order chi connectivity index (χ1) is 49.5. The fourth-order valence-electron chi connectivity index (χ4n) is 26.4. The molecular weight excluding hydrogens is 1350 g/mol. The Balaban J connectivity index is 0.000000167. The number of fused-ring (bicyclic) bond motifs is 14. The summed E-state index contributed by atoms with van der Waals surface area (Å²) in [6.45, 7) is 18.7. The molecule has 0 unspecified atom stereocenters. The van der Waals surface area contributed by atoms with Crippen LogP contribution < -0.4 is 0 Å². The third-order valence-electron chi connectivity index (χ3n) is 32.3. The Morgan fingerprint density at radius 2 is 0.683 bits per heavy atom. The molecule has 0 aromatic heterocycles. The van der Waals surface area contributed by atoms with Gasteiger partial charge in [0.1, 0.15) is 97.7 Å². The first-order valence-electron chi connectivity index (χ1n) is 40.6. The maximum Gasteiger partial charge on any atom is 0.187 e. The van der Waals surface area contributed by atoms with E-state index in [0.717, 1.165) is 90.3 Å². The van der Waals surface area contributed by atoms with Crippen molar-refractivity contribution in [1.29, 1.82) is 0 Å². The van der Waals surface area contributed by atoms with Crippen LogP contribution in [0.15, 0.2) is 0 Å². The summed E-state index contributed by atoms with van der Waals surface area (Å²) in [5.74, 6) is 7.26. The molecule has 0 amide bonds. The fourth-order valence-corrected chi connectivity index (χ4v) is 26.4. The van der Waals surface area contributed by atoms with Crippen LogP contribution in [0.25, 0.3) is 0 Å². The largest absolute Gasteiger partial charge is 0.394 e. The minimum absolute atomic E-state index is 0.188. The third-order valence-corrected chi connectivity index (χ3v) is 32.3. The number of hydrogen-bond acceptors (Lipinski definition) is 26. The lowest BCUT2D eigenvalue weighted by Gasteiger charge is -2.61. The number of rotatable bonds is 12. The number of ether oxygens (including phenoxy) is 12. The van der Waals surface area contributed by atoms with E-state index in [1.54, 1.807) is 0 Å². The third kappa shape index (κ3) is 13.0. The molecule has 8 saturated heterocycles. The van der Waals surface area contributed by atoms with Crippen molar-refractivity contribution in [2.45, 2.75) is 343 Å². The number of aliphatic hydroxyl groups excluding tert-OH is 14. The van der Waals surface area contributed by atoms with Gasteiger partial charge in [-0.3, -0.25) is 0 Å². The van der Waals surface area contributed by atoms with Gasteiger partial charge < -0.3 is 128 Å².